The van der Waals surface area contributed by atoms with Crippen molar-refractivity contribution in [3.05, 3.63) is 0 Å². The number of unbranched alkanes of at least 4 members (excludes halogenated alkanes) is 5. The summed E-state index contributed by atoms with van der Waals surface area (Å²) in [6.45, 7) is 3.89. The van der Waals surface area contributed by atoms with Crippen LogP contribution in [0.25, 0.3) is 0 Å². The van der Waals surface area contributed by atoms with Crippen molar-refractivity contribution in [3.63, 3.8) is 0 Å². The van der Waals surface area contributed by atoms with Gasteiger partial charge in [0, 0.05) is 20.3 Å². The predicted octanol–water partition coefficient (Wildman–Crippen LogP) is 1.40. The molecule has 0 rings (SSSR count). The number of methoxy groups -OCH3 is 1. The highest BCUT2D eigenvalue weighted by atomic mass is 16.8. The maximum Gasteiger partial charge on any atom is 0.269 e. The molecule has 0 fully saturated rings. The van der Waals surface area contributed by atoms with Crippen LogP contribution in [0.1, 0.15) is 38.5 Å². The second-order valence-electron chi connectivity index (χ2n) is 8.59. The van der Waals surface area contributed by atoms with Gasteiger partial charge < -0.3 is 43.1 Å². The van der Waals surface area contributed by atoms with Gasteiger partial charge >= 0.3 is 0 Å². The van der Waals surface area contributed by atoms with Crippen LogP contribution in [-0.4, -0.2) is 122 Å². The van der Waals surface area contributed by atoms with Gasteiger partial charge in [-0.3, -0.25) is 0 Å². The Balaban J connectivity index is 3.27. The maximum absolute atomic E-state index is 9.82. The minimum atomic E-state index is -1.32. The summed E-state index contributed by atoms with van der Waals surface area (Å²) < 4.78 is 32.2. The number of nitrogens with zero attached hydrogens (tertiary/aromatic N) is 1. The molecular weight excluding hydrogens is 406 g/mol. The Morgan fingerprint density at radius 3 is 1.77 bits per heavy atom. The number of quaternary nitrogens is 1. The van der Waals surface area contributed by atoms with E-state index in [1.165, 1.54) is 19.3 Å². The Hall–Kier alpha value is -0.360. The normalized spacial score (nSPS) is 14.1. The zero-order valence-electron chi connectivity index (χ0n) is 20.3. The van der Waals surface area contributed by atoms with E-state index in [4.69, 9.17) is 28.4 Å². The minimum absolute atomic E-state index is 0.0209. The first-order valence-electron chi connectivity index (χ1n) is 11.5. The van der Waals surface area contributed by atoms with Gasteiger partial charge in [-0.1, -0.05) is 25.7 Å². The molecule has 0 radical (unpaired) electrons. The van der Waals surface area contributed by atoms with E-state index in [0.29, 0.717) is 39.6 Å². The van der Waals surface area contributed by atoms with E-state index in [-0.39, 0.29) is 13.2 Å². The largest absolute Gasteiger partial charge is 0.388 e. The van der Waals surface area contributed by atoms with Crippen molar-refractivity contribution < 1.29 is 43.1 Å². The lowest BCUT2D eigenvalue weighted by Gasteiger charge is -2.24. The number of likely N-dealkylation sites (N-methyl/N-ethyl adjacent to an activating group) is 1. The molecule has 0 aromatic carbocycles. The van der Waals surface area contributed by atoms with Gasteiger partial charge in [0.25, 0.3) is 6.48 Å². The fourth-order valence-corrected chi connectivity index (χ4v) is 2.52. The van der Waals surface area contributed by atoms with E-state index < -0.39 is 12.6 Å². The molecule has 0 aromatic heterocycles. The SMILES string of the molecule is COCCOCCOCCCCCCCCOCC(O)COC(O)OCC[N+](C)(C)C. The molecule has 0 spiro atoms. The van der Waals surface area contributed by atoms with Crippen LogP contribution in [0.5, 0.6) is 0 Å². The third kappa shape index (κ3) is 25.8. The van der Waals surface area contributed by atoms with E-state index in [2.05, 4.69) is 0 Å². The summed E-state index contributed by atoms with van der Waals surface area (Å²) in [4.78, 5) is 0. The molecule has 2 unspecified atom stereocenters. The van der Waals surface area contributed by atoms with E-state index >= 15 is 0 Å². The van der Waals surface area contributed by atoms with Gasteiger partial charge in [-0.15, -0.1) is 0 Å². The zero-order valence-corrected chi connectivity index (χ0v) is 20.3. The number of aliphatic hydroxyl groups is 2. The van der Waals surface area contributed by atoms with E-state index in [0.717, 1.165) is 36.9 Å². The highest BCUT2D eigenvalue weighted by molar-refractivity contribution is 4.52. The molecule has 2 atom stereocenters. The zero-order chi connectivity index (χ0) is 23.2. The number of ether oxygens (including phenoxy) is 6. The van der Waals surface area contributed by atoms with Crippen molar-refractivity contribution in [2.24, 2.45) is 0 Å². The summed E-state index contributed by atoms with van der Waals surface area (Å²) in [6, 6.07) is 0. The van der Waals surface area contributed by atoms with Crippen molar-refractivity contribution in [1.82, 2.24) is 0 Å². The third-order valence-electron chi connectivity index (χ3n) is 4.40. The predicted molar refractivity (Wildman–Crippen MR) is 119 cm³/mol. The lowest BCUT2D eigenvalue weighted by molar-refractivity contribution is -0.871. The highest BCUT2D eigenvalue weighted by Crippen LogP contribution is 2.06. The van der Waals surface area contributed by atoms with Gasteiger partial charge in [-0.25, -0.2) is 0 Å². The van der Waals surface area contributed by atoms with E-state index in [9.17, 15) is 10.2 Å². The van der Waals surface area contributed by atoms with Crippen LogP contribution < -0.4 is 0 Å². The van der Waals surface area contributed by atoms with Crippen molar-refractivity contribution in [3.8, 4) is 0 Å². The third-order valence-corrected chi connectivity index (χ3v) is 4.40. The average molecular weight is 455 g/mol. The standard InChI is InChI=1S/C22H48NO8/c1-23(2,3)11-14-30-22(25)31-20-21(24)19-29-13-10-8-6-5-7-9-12-27-17-18-28-16-15-26-4/h21-22,24-25H,5-20H2,1-4H3/q+1. The quantitative estimate of drug-likeness (QED) is 0.128. The first-order chi connectivity index (χ1) is 14.8. The second kappa shape index (κ2) is 21.5. The molecule has 9 nitrogen and oxygen atoms in total. The number of rotatable bonds is 24. The van der Waals surface area contributed by atoms with Crippen LogP contribution >= 0.6 is 0 Å². The van der Waals surface area contributed by atoms with Crippen LogP contribution in [0.4, 0.5) is 0 Å². The van der Waals surface area contributed by atoms with Gasteiger partial charge in [0.05, 0.1) is 60.8 Å². The molecule has 0 saturated carbocycles. The maximum atomic E-state index is 9.82. The number of hydrogen-bond acceptors (Lipinski definition) is 8. The Bertz CT molecular complexity index is 368. The van der Waals surface area contributed by atoms with E-state index in [1.807, 2.05) is 21.1 Å². The first-order valence-corrected chi connectivity index (χ1v) is 11.5. The summed E-state index contributed by atoms with van der Waals surface area (Å²) in [5.74, 6) is 0. The summed E-state index contributed by atoms with van der Waals surface area (Å²) in [6.07, 6.45) is 5.91. The molecular formula is C22H48NO8+. The Morgan fingerprint density at radius 2 is 1.16 bits per heavy atom. The fraction of sp³-hybridized carbons (Fsp3) is 1.00. The van der Waals surface area contributed by atoms with Gasteiger partial charge in [-0.05, 0) is 12.8 Å². The van der Waals surface area contributed by atoms with Gasteiger partial charge in [-0.2, -0.15) is 0 Å². The van der Waals surface area contributed by atoms with Crippen LogP contribution in [0.2, 0.25) is 0 Å². The topological polar surface area (TPSA) is 95.8 Å². The molecule has 0 heterocycles. The molecule has 0 saturated heterocycles. The molecule has 188 valence electrons. The second-order valence-corrected chi connectivity index (χ2v) is 8.59. The molecule has 31 heavy (non-hydrogen) atoms. The first kappa shape index (κ1) is 30.6. The molecule has 0 aliphatic rings. The van der Waals surface area contributed by atoms with Gasteiger partial charge in [0.1, 0.15) is 19.3 Å². The van der Waals surface area contributed by atoms with Crippen LogP contribution in [0.15, 0.2) is 0 Å². The Kier molecular flexibility index (Phi) is 21.2. The molecule has 0 aliphatic heterocycles. The van der Waals surface area contributed by atoms with Crippen LogP contribution in [0.3, 0.4) is 0 Å². The fourth-order valence-electron chi connectivity index (χ4n) is 2.52. The minimum Gasteiger partial charge on any atom is -0.388 e. The highest BCUT2D eigenvalue weighted by Gasteiger charge is 2.12. The summed E-state index contributed by atoms with van der Waals surface area (Å²) in [5.41, 5.74) is 0. The summed E-state index contributed by atoms with van der Waals surface area (Å²) in [5, 5.41) is 19.4. The van der Waals surface area contributed by atoms with Gasteiger partial charge in [0.15, 0.2) is 0 Å². The van der Waals surface area contributed by atoms with E-state index in [1.54, 1.807) is 7.11 Å². The van der Waals surface area contributed by atoms with Crippen LogP contribution in [0, 0.1) is 0 Å². The Labute approximate surface area is 189 Å². The summed E-state index contributed by atoms with van der Waals surface area (Å²) >= 11 is 0. The van der Waals surface area contributed by atoms with Gasteiger partial charge in [0.2, 0.25) is 0 Å². The molecule has 0 aliphatic carbocycles. The van der Waals surface area contributed by atoms with Crippen molar-refractivity contribution in [1.29, 1.82) is 0 Å². The average Bonchev–Trinajstić information content (AvgIpc) is 2.71. The molecule has 0 amide bonds. The summed E-state index contributed by atoms with van der Waals surface area (Å²) in [7, 11) is 7.78. The molecule has 2 N–H and O–H groups in total. The number of aliphatic hydroxyl groups excluding tert-OH is 2. The lowest BCUT2D eigenvalue weighted by Crippen LogP contribution is -2.38. The molecule has 9 heteroatoms. The Morgan fingerprint density at radius 1 is 0.613 bits per heavy atom. The molecule has 0 bridgehead atoms. The molecule has 0 aromatic rings. The van der Waals surface area contributed by atoms with Crippen molar-refractivity contribution in [2.45, 2.75) is 51.1 Å². The van der Waals surface area contributed by atoms with Crippen LogP contribution in [-0.2, 0) is 28.4 Å². The van der Waals surface area contributed by atoms with Crippen molar-refractivity contribution >= 4 is 0 Å². The lowest BCUT2D eigenvalue weighted by atomic mass is 10.1. The van der Waals surface area contributed by atoms with Crippen molar-refractivity contribution in [2.75, 3.05) is 94.3 Å². The monoisotopic (exact) mass is 454 g/mol. The smallest absolute Gasteiger partial charge is 0.269 e. The number of hydrogen-bond donors (Lipinski definition) is 2.